The summed E-state index contributed by atoms with van der Waals surface area (Å²) in [5.41, 5.74) is 1.29. The van der Waals surface area contributed by atoms with E-state index >= 15 is 0 Å². The third-order valence-corrected chi connectivity index (χ3v) is 3.67. The highest BCUT2D eigenvalue weighted by Crippen LogP contribution is 2.21. The molecule has 0 unspecified atom stereocenters. The number of hydrogen-bond acceptors (Lipinski definition) is 4. The quantitative estimate of drug-likeness (QED) is 0.727. The minimum atomic E-state index is -0.949. The molecule has 21 heavy (non-hydrogen) atoms. The molecule has 3 amide bonds. The number of thioether (sulfide) groups is 1. The number of carbonyl (C=O) groups is 3. The van der Waals surface area contributed by atoms with Crippen LogP contribution in [0.15, 0.2) is 24.3 Å². The van der Waals surface area contributed by atoms with Crippen LogP contribution in [0.3, 0.4) is 0 Å². The summed E-state index contributed by atoms with van der Waals surface area (Å²) in [6.07, 6.45) is 0. The maximum Gasteiger partial charge on any atom is 0.321 e. The standard InChI is InChI=1S/C13H15N3O4S/c17-11(7-21-8-12(18)19)15-9-2-1-3-10(6-9)16-5-4-14-13(16)20/h1-3,6H,4-5,7-8H2,(H,14,20)(H,15,17)(H,18,19). The molecule has 0 radical (unpaired) electrons. The number of carboxylic acids is 1. The van der Waals surface area contributed by atoms with Crippen molar-refractivity contribution in [1.82, 2.24) is 5.32 Å². The second kappa shape index (κ2) is 6.98. The van der Waals surface area contributed by atoms with Crippen molar-refractivity contribution in [3.05, 3.63) is 24.3 Å². The zero-order chi connectivity index (χ0) is 15.2. The van der Waals surface area contributed by atoms with E-state index in [2.05, 4.69) is 10.6 Å². The topological polar surface area (TPSA) is 98.7 Å². The first kappa shape index (κ1) is 15.2. The molecule has 0 bridgehead atoms. The van der Waals surface area contributed by atoms with Gasteiger partial charge in [0.05, 0.1) is 11.5 Å². The summed E-state index contributed by atoms with van der Waals surface area (Å²) >= 11 is 1.03. The van der Waals surface area contributed by atoms with Gasteiger partial charge in [0.1, 0.15) is 0 Å². The lowest BCUT2D eigenvalue weighted by molar-refractivity contribution is -0.133. The number of amides is 3. The molecule has 1 aromatic carbocycles. The largest absolute Gasteiger partial charge is 0.481 e. The molecule has 1 aliphatic heterocycles. The van der Waals surface area contributed by atoms with Gasteiger partial charge in [-0.15, -0.1) is 11.8 Å². The van der Waals surface area contributed by atoms with Crippen molar-refractivity contribution in [2.24, 2.45) is 0 Å². The second-order valence-corrected chi connectivity index (χ2v) is 5.35. The first-order chi connectivity index (χ1) is 10.1. The van der Waals surface area contributed by atoms with Crippen LogP contribution in [0.25, 0.3) is 0 Å². The minimum Gasteiger partial charge on any atom is -0.481 e. The monoisotopic (exact) mass is 309 g/mol. The van der Waals surface area contributed by atoms with Gasteiger partial charge in [0.15, 0.2) is 0 Å². The Balaban J connectivity index is 1.93. The summed E-state index contributed by atoms with van der Waals surface area (Å²) in [7, 11) is 0. The molecule has 0 saturated carbocycles. The SMILES string of the molecule is O=C(O)CSCC(=O)Nc1cccc(N2CCNC2=O)c1. The molecule has 1 aromatic rings. The van der Waals surface area contributed by atoms with Gasteiger partial charge in [0, 0.05) is 24.5 Å². The fourth-order valence-electron chi connectivity index (χ4n) is 1.90. The van der Waals surface area contributed by atoms with E-state index in [0.717, 1.165) is 11.8 Å². The summed E-state index contributed by atoms with van der Waals surface area (Å²) in [4.78, 5) is 35.2. The number of nitrogens with zero attached hydrogens (tertiary/aromatic N) is 1. The summed E-state index contributed by atoms with van der Waals surface area (Å²) in [6.45, 7) is 1.19. The van der Waals surface area contributed by atoms with Gasteiger partial charge >= 0.3 is 12.0 Å². The molecule has 2 rings (SSSR count). The zero-order valence-electron chi connectivity index (χ0n) is 11.2. The van der Waals surface area contributed by atoms with Crippen molar-refractivity contribution in [3.8, 4) is 0 Å². The van der Waals surface area contributed by atoms with Gasteiger partial charge in [-0.25, -0.2) is 4.79 Å². The number of nitrogens with one attached hydrogen (secondary N) is 2. The Kier molecular flexibility index (Phi) is 5.04. The summed E-state index contributed by atoms with van der Waals surface area (Å²) in [5, 5.41) is 13.9. The lowest BCUT2D eigenvalue weighted by Gasteiger charge is -2.15. The molecule has 0 spiro atoms. The smallest absolute Gasteiger partial charge is 0.321 e. The highest BCUT2D eigenvalue weighted by atomic mass is 32.2. The fraction of sp³-hybridized carbons (Fsp3) is 0.308. The number of aliphatic carboxylic acids is 1. The molecular weight excluding hydrogens is 294 g/mol. The molecule has 8 heteroatoms. The predicted molar refractivity (Wildman–Crippen MR) is 80.8 cm³/mol. The van der Waals surface area contributed by atoms with Gasteiger partial charge in [-0.2, -0.15) is 0 Å². The van der Waals surface area contributed by atoms with Crippen LogP contribution in [-0.4, -0.2) is 47.6 Å². The number of anilines is 2. The van der Waals surface area contributed by atoms with E-state index in [-0.39, 0.29) is 23.4 Å². The average Bonchev–Trinajstić information content (AvgIpc) is 2.85. The molecule has 1 saturated heterocycles. The molecule has 0 atom stereocenters. The molecular formula is C13H15N3O4S. The van der Waals surface area contributed by atoms with Crippen molar-refractivity contribution >= 4 is 41.0 Å². The first-order valence-electron chi connectivity index (χ1n) is 6.31. The van der Waals surface area contributed by atoms with Crippen molar-refractivity contribution in [2.75, 3.05) is 34.8 Å². The van der Waals surface area contributed by atoms with Gasteiger partial charge in [-0.1, -0.05) is 6.07 Å². The maximum atomic E-state index is 11.7. The van der Waals surface area contributed by atoms with E-state index < -0.39 is 5.97 Å². The van der Waals surface area contributed by atoms with Crippen molar-refractivity contribution in [2.45, 2.75) is 0 Å². The normalized spacial score (nSPS) is 13.9. The van der Waals surface area contributed by atoms with E-state index in [4.69, 9.17) is 5.11 Å². The van der Waals surface area contributed by atoms with Crippen LogP contribution >= 0.6 is 11.8 Å². The Morgan fingerprint density at radius 2 is 2.19 bits per heavy atom. The first-order valence-corrected chi connectivity index (χ1v) is 7.46. The second-order valence-electron chi connectivity index (χ2n) is 4.37. The van der Waals surface area contributed by atoms with Crippen LogP contribution in [0.5, 0.6) is 0 Å². The van der Waals surface area contributed by atoms with Gasteiger partial charge < -0.3 is 15.7 Å². The third-order valence-electron chi connectivity index (χ3n) is 2.76. The van der Waals surface area contributed by atoms with Crippen LogP contribution < -0.4 is 15.5 Å². The fourth-order valence-corrected chi connectivity index (χ4v) is 2.43. The average molecular weight is 309 g/mol. The van der Waals surface area contributed by atoms with E-state index in [1.54, 1.807) is 29.2 Å². The van der Waals surface area contributed by atoms with Gasteiger partial charge in [-0.05, 0) is 18.2 Å². The maximum absolute atomic E-state index is 11.7. The Morgan fingerprint density at radius 1 is 1.38 bits per heavy atom. The number of urea groups is 1. The molecule has 7 nitrogen and oxygen atoms in total. The van der Waals surface area contributed by atoms with Gasteiger partial charge in [0.2, 0.25) is 5.91 Å². The van der Waals surface area contributed by atoms with E-state index in [0.29, 0.717) is 24.5 Å². The van der Waals surface area contributed by atoms with E-state index in [1.165, 1.54) is 0 Å². The predicted octanol–water partition coefficient (Wildman–Crippen LogP) is 0.972. The van der Waals surface area contributed by atoms with Crippen molar-refractivity contribution in [3.63, 3.8) is 0 Å². The van der Waals surface area contributed by atoms with Crippen molar-refractivity contribution < 1.29 is 19.5 Å². The number of carboxylic acid groups (broad SMARTS) is 1. The van der Waals surface area contributed by atoms with Crippen LogP contribution in [0.1, 0.15) is 0 Å². The molecule has 1 fully saturated rings. The van der Waals surface area contributed by atoms with Crippen LogP contribution in [0.4, 0.5) is 16.2 Å². The Bertz CT molecular complexity index is 564. The minimum absolute atomic E-state index is 0.0702. The highest BCUT2D eigenvalue weighted by Gasteiger charge is 2.21. The lowest BCUT2D eigenvalue weighted by atomic mass is 10.2. The summed E-state index contributed by atoms with van der Waals surface area (Å²) in [5.74, 6) is -1.26. The van der Waals surface area contributed by atoms with E-state index in [9.17, 15) is 14.4 Å². The highest BCUT2D eigenvalue weighted by molar-refractivity contribution is 8.00. The molecule has 112 valence electrons. The van der Waals surface area contributed by atoms with Crippen LogP contribution in [0, 0.1) is 0 Å². The van der Waals surface area contributed by atoms with Gasteiger partial charge in [-0.3, -0.25) is 14.5 Å². The third kappa shape index (κ3) is 4.38. The van der Waals surface area contributed by atoms with Crippen LogP contribution in [0.2, 0.25) is 0 Å². The molecule has 1 aliphatic rings. The molecule has 0 aliphatic carbocycles. The van der Waals surface area contributed by atoms with Crippen molar-refractivity contribution in [1.29, 1.82) is 0 Å². The summed E-state index contributed by atoms with van der Waals surface area (Å²) in [6, 6.07) is 6.82. The zero-order valence-corrected chi connectivity index (χ0v) is 12.0. The van der Waals surface area contributed by atoms with Gasteiger partial charge in [0.25, 0.3) is 0 Å². The number of carbonyl (C=O) groups excluding carboxylic acids is 2. The molecule has 1 heterocycles. The Morgan fingerprint density at radius 3 is 2.86 bits per heavy atom. The lowest BCUT2D eigenvalue weighted by Crippen LogP contribution is -2.27. The summed E-state index contributed by atoms with van der Waals surface area (Å²) < 4.78 is 0. The number of rotatable bonds is 6. The van der Waals surface area contributed by atoms with Crippen LogP contribution in [-0.2, 0) is 9.59 Å². The number of benzene rings is 1. The molecule has 3 N–H and O–H groups in total. The Hall–Kier alpha value is -2.22. The van der Waals surface area contributed by atoms with E-state index in [1.807, 2.05) is 0 Å². The Labute approximate surface area is 125 Å². The molecule has 0 aromatic heterocycles. The number of hydrogen-bond donors (Lipinski definition) is 3.